The summed E-state index contributed by atoms with van der Waals surface area (Å²) in [4.78, 5) is 24.6. The van der Waals surface area contributed by atoms with Gasteiger partial charge in [-0.1, -0.05) is 19.9 Å². The van der Waals surface area contributed by atoms with Gasteiger partial charge in [-0.2, -0.15) is 18.3 Å². The molecule has 0 saturated carbocycles. The maximum atomic E-state index is 14.4. The summed E-state index contributed by atoms with van der Waals surface area (Å²) < 4.78 is 58.7. The van der Waals surface area contributed by atoms with E-state index in [1.807, 2.05) is 0 Å². The molecule has 2 atom stereocenters. The molecule has 2 amide bonds. The number of alkyl halides is 3. The van der Waals surface area contributed by atoms with Crippen LogP contribution < -0.4 is 16.0 Å². The highest BCUT2D eigenvalue weighted by molar-refractivity contribution is 5.98. The van der Waals surface area contributed by atoms with Crippen LogP contribution in [0.3, 0.4) is 0 Å². The van der Waals surface area contributed by atoms with Gasteiger partial charge < -0.3 is 26.2 Å². The van der Waals surface area contributed by atoms with Crippen LogP contribution in [0.1, 0.15) is 48.7 Å². The summed E-state index contributed by atoms with van der Waals surface area (Å²) in [5, 5.41) is 34.0. The summed E-state index contributed by atoms with van der Waals surface area (Å²) in [5.41, 5.74) is -2.57. The maximum absolute atomic E-state index is 14.4. The lowest BCUT2D eigenvalue weighted by atomic mass is 9.74. The Hall–Kier alpha value is -4.65. The van der Waals surface area contributed by atoms with Crippen LogP contribution in [0.4, 0.5) is 23.2 Å². The van der Waals surface area contributed by atoms with Crippen LogP contribution in [-0.2, 0) is 10.2 Å². The zero-order valence-corrected chi connectivity index (χ0v) is 25.4. The molecule has 0 radical (unpaired) electrons. The number of phenols is 1. The standard InChI is InChI=1S/C32H35F4N5O4/c1-18-11-25(38-17-31(45,32(34,35)36)16-30(3,4)24-14-21(33)9-10-27(24)42)23-15-39-41(26(23)12-18)22-8-6-7-20(13-22)29(44)40-19(2)28(43)37-5/h6-15,19,38,42,45H,16-17H2,1-5H3,(H,37,43)(H,40,44). The number of benzene rings is 3. The van der Waals surface area contributed by atoms with Gasteiger partial charge in [-0.25, -0.2) is 9.07 Å². The number of rotatable bonds is 10. The molecule has 45 heavy (non-hydrogen) atoms. The maximum Gasteiger partial charge on any atom is 0.418 e. The molecule has 0 fully saturated rings. The number of nitrogens with zero attached hydrogens (tertiary/aromatic N) is 2. The van der Waals surface area contributed by atoms with Gasteiger partial charge in [0, 0.05) is 29.2 Å². The number of fused-ring (bicyclic) bond motifs is 1. The minimum absolute atomic E-state index is 0.0663. The van der Waals surface area contributed by atoms with Gasteiger partial charge in [0.05, 0.1) is 23.9 Å². The van der Waals surface area contributed by atoms with Crippen LogP contribution in [0.25, 0.3) is 16.6 Å². The number of anilines is 1. The third-order valence-electron chi connectivity index (χ3n) is 7.69. The molecule has 5 N–H and O–H groups in total. The molecule has 4 rings (SSSR count). The second-order valence-electron chi connectivity index (χ2n) is 11.8. The van der Waals surface area contributed by atoms with Gasteiger partial charge in [0.2, 0.25) is 5.91 Å². The second kappa shape index (κ2) is 12.4. The number of carbonyl (C=O) groups excluding carboxylic acids is 2. The van der Waals surface area contributed by atoms with Crippen molar-refractivity contribution in [2.75, 3.05) is 18.9 Å². The zero-order valence-electron chi connectivity index (χ0n) is 25.4. The van der Waals surface area contributed by atoms with Crippen LogP contribution >= 0.6 is 0 Å². The lowest BCUT2D eigenvalue weighted by Gasteiger charge is -2.38. The van der Waals surface area contributed by atoms with Crippen molar-refractivity contribution in [1.82, 2.24) is 20.4 Å². The van der Waals surface area contributed by atoms with Crippen molar-refractivity contribution in [1.29, 1.82) is 0 Å². The average Bonchev–Trinajstić information content (AvgIpc) is 3.39. The van der Waals surface area contributed by atoms with Crippen molar-refractivity contribution >= 4 is 28.4 Å². The Morgan fingerprint density at radius 2 is 1.78 bits per heavy atom. The summed E-state index contributed by atoms with van der Waals surface area (Å²) in [6, 6.07) is 12.1. The fourth-order valence-electron chi connectivity index (χ4n) is 5.34. The highest BCUT2D eigenvalue weighted by Gasteiger charge is 2.56. The van der Waals surface area contributed by atoms with E-state index in [2.05, 4.69) is 21.0 Å². The Labute approximate surface area is 257 Å². The molecule has 0 aliphatic rings. The molecule has 0 saturated heterocycles. The molecule has 0 spiro atoms. The highest BCUT2D eigenvalue weighted by atomic mass is 19.4. The minimum Gasteiger partial charge on any atom is -0.508 e. The molecule has 0 aliphatic heterocycles. The van der Waals surface area contributed by atoms with Crippen LogP contribution in [0, 0.1) is 12.7 Å². The molecule has 1 aromatic heterocycles. The number of hydrogen-bond acceptors (Lipinski definition) is 6. The molecular weight excluding hydrogens is 594 g/mol. The van der Waals surface area contributed by atoms with Gasteiger partial charge in [0.25, 0.3) is 5.91 Å². The number of halogens is 4. The average molecular weight is 630 g/mol. The van der Waals surface area contributed by atoms with Crippen molar-refractivity contribution in [2.24, 2.45) is 0 Å². The van der Waals surface area contributed by atoms with Crippen LogP contribution in [0.15, 0.2) is 60.8 Å². The summed E-state index contributed by atoms with van der Waals surface area (Å²) in [6.45, 7) is 5.13. The smallest absolute Gasteiger partial charge is 0.418 e. The van der Waals surface area contributed by atoms with Gasteiger partial charge >= 0.3 is 6.18 Å². The van der Waals surface area contributed by atoms with Crippen molar-refractivity contribution in [3.63, 3.8) is 0 Å². The van der Waals surface area contributed by atoms with Gasteiger partial charge in [-0.3, -0.25) is 9.59 Å². The van der Waals surface area contributed by atoms with Crippen LogP contribution in [-0.4, -0.2) is 63.2 Å². The predicted octanol–water partition coefficient (Wildman–Crippen LogP) is 5.12. The first-order chi connectivity index (χ1) is 21.0. The number of aromatic hydroxyl groups is 1. The lowest BCUT2D eigenvalue weighted by molar-refractivity contribution is -0.260. The van der Waals surface area contributed by atoms with E-state index in [1.165, 1.54) is 31.8 Å². The van der Waals surface area contributed by atoms with Crippen molar-refractivity contribution in [3.8, 4) is 11.4 Å². The van der Waals surface area contributed by atoms with Crippen molar-refractivity contribution < 1.29 is 37.4 Å². The van der Waals surface area contributed by atoms with E-state index in [4.69, 9.17) is 0 Å². The Morgan fingerprint density at radius 1 is 1.07 bits per heavy atom. The highest BCUT2D eigenvalue weighted by Crippen LogP contribution is 2.44. The quantitative estimate of drug-likeness (QED) is 0.155. The van der Waals surface area contributed by atoms with Gasteiger partial charge in [-0.15, -0.1) is 0 Å². The number of phenolic OH excluding ortho intramolecular Hbond substituents is 1. The molecule has 4 aromatic rings. The second-order valence-corrected chi connectivity index (χ2v) is 11.8. The van der Waals surface area contributed by atoms with E-state index < -0.39 is 47.9 Å². The van der Waals surface area contributed by atoms with E-state index in [0.717, 1.165) is 18.2 Å². The van der Waals surface area contributed by atoms with Gasteiger partial charge in [0.1, 0.15) is 17.6 Å². The molecular formula is C32H35F4N5O4. The predicted molar refractivity (Wildman–Crippen MR) is 162 cm³/mol. The molecule has 0 aliphatic carbocycles. The van der Waals surface area contributed by atoms with E-state index in [9.17, 15) is 37.4 Å². The number of carbonyl (C=O) groups is 2. The van der Waals surface area contributed by atoms with Gasteiger partial charge in [0.15, 0.2) is 5.60 Å². The first-order valence-corrected chi connectivity index (χ1v) is 14.1. The molecule has 3 aromatic carbocycles. The van der Waals surface area contributed by atoms with E-state index in [-0.39, 0.29) is 28.5 Å². The fourth-order valence-corrected chi connectivity index (χ4v) is 5.34. The van der Waals surface area contributed by atoms with Crippen LogP contribution in [0.5, 0.6) is 5.75 Å². The topological polar surface area (TPSA) is 129 Å². The van der Waals surface area contributed by atoms with Gasteiger partial charge in [-0.05, 0) is 79.8 Å². The third-order valence-corrected chi connectivity index (χ3v) is 7.69. The summed E-state index contributed by atoms with van der Waals surface area (Å²) in [6.07, 6.45) is -4.50. The summed E-state index contributed by atoms with van der Waals surface area (Å²) in [5.74, 6) is -1.95. The SMILES string of the molecule is CNC(=O)C(C)NC(=O)c1cccc(-n2ncc3c(NCC(O)(CC(C)(C)c4cc(F)ccc4O)C(F)(F)F)cc(C)cc32)c1. The number of aryl methyl sites for hydroxylation is 1. The number of aliphatic hydroxyl groups is 1. The Bertz CT molecular complexity index is 1740. The monoisotopic (exact) mass is 629 g/mol. The van der Waals surface area contributed by atoms with Crippen molar-refractivity contribution in [3.05, 3.63) is 83.3 Å². The Kier molecular flexibility index (Phi) is 9.15. The van der Waals surface area contributed by atoms with E-state index in [1.54, 1.807) is 50.2 Å². The fraction of sp³-hybridized carbons (Fsp3) is 0.344. The van der Waals surface area contributed by atoms with Crippen LogP contribution in [0.2, 0.25) is 0 Å². The molecule has 2 unspecified atom stereocenters. The lowest BCUT2D eigenvalue weighted by Crippen LogP contribution is -2.53. The first-order valence-electron chi connectivity index (χ1n) is 14.1. The summed E-state index contributed by atoms with van der Waals surface area (Å²) in [7, 11) is 1.46. The molecule has 0 bridgehead atoms. The van der Waals surface area contributed by atoms with E-state index >= 15 is 0 Å². The van der Waals surface area contributed by atoms with E-state index in [0.29, 0.717) is 22.2 Å². The molecule has 13 heteroatoms. The Morgan fingerprint density at radius 3 is 2.44 bits per heavy atom. The van der Waals surface area contributed by atoms with Crippen molar-refractivity contribution in [2.45, 2.75) is 57.3 Å². The first kappa shape index (κ1) is 33.2. The normalized spacial score (nSPS) is 14.1. The number of aromatic nitrogens is 2. The Balaban J connectivity index is 1.64. The molecule has 240 valence electrons. The number of hydrogen-bond donors (Lipinski definition) is 5. The minimum atomic E-state index is -5.08. The largest absolute Gasteiger partial charge is 0.508 e. The molecule has 1 heterocycles. The number of amides is 2. The third kappa shape index (κ3) is 7.03. The number of likely N-dealkylation sites (N-methyl/N-ethyl adjacent to an activating group) is 1. The summed E-state index contributed by atoms with van der Waals surface area (Å²) >= 11 is 0. The molecule has 9 nitrogen and oxygen atoms in total. The zero-order chi connectivity index (χ0) is 33.3. The number of nitrogens with one attached hydrogen (secondary N) is 3.